The van der Waals surface area contributed by atoms with E-state index in [0.29, 0.717) is 0 Å². The fourth-order valence-corrected chi connectivity index (χ4v) is 5.57. The summed E-state index contributed by atoms with van der Waals surface area (Å²) in [6, 6.07) is -4.42. The molecule has 0 aromatic rings. The van der Waals surface area contributed by atoms with E-state index >= 15 is 0 Å². The van der Waals surface area contributed by atoms with Crippen LogP contribution < -0.4 is 28.7 Å². The van der Waals surface area contributed by atoms with Gasteiger partial charge in [-0.05, 0) is 6.42 Å². The number of nitrogens with two attached hydrogens (primary N) is 5. The van der Waals surface area contributed by atoms with Gasteiger partial charge in [-0.1, -0.05) is 0 Å². The number of ether oxygens (including phenoxy) is 6. The van der Waals surface area contributed by atoms with Crippen LogP contribution in [0, 0.1) is 0 Å². The van der Waals surface area contributed by atoms with E-state index in [9.17, 15) is 40.5 Å². The zero-order chi connectivity index (χ0) is 31.0. The summed E-state index contributed by atoms with van der Waals surface area (Å²) in [7, 11) is 0. The topological polar surface area (TPSA) is 344 Å². The molecule has 42 heavy (non-hydrogen) atoms. The number of carbonyl (C=O) groups excluding carboxylic acids is 1. The van der Waals surface area contributed by atoms with Crippen LogP contribution in [0.3, 0.4) is 0 Å². The van der Waals surface area contributed by atoms with Crippen LogP contribution in [0.4, 0.5) is 0 Å². The van der Waals surface area contributed by atoms with Crippen LogP contribution in [-0.2, 0) is 33.2 Å². The smallest absolute Gasteiger partial charge is 0.193 e. The quantitative estimate of drug-likeness (QED) is 0.115. The lowest BCUT2D eigenvalue weighted by molar-refractivity contribution is -0.310. The van der Waals surface area contributed by atoms with Gasteiger partial charge >= 0.3 is 0 Å². The summed E-state index contributed by atoms with van der Waals surface area (Å²) in [4.78, 5) is 12.1. The normalized spacial score (nSPS) is 52.0. The van der Waals surface area contributed by atoms with E-state index in [2.05, 4.69) is 0 Å². The van der Waals surface area contributed by atoms with Crippen molar-refractivity contribution < 1.29 is 69.0 Å². The molecule has 3 heterocycles. The van der Waals surface area contributed by atoms with E-state index < -0.39 is 129 Å². The van der Waals surface area contributed by atoms with E-state index in [-0.39, 0.29) is 13.0 Å². The molecule has 4 rings (SSSR count). The second-order valence-electron chi connectivity index (χ2n) is 11.0. The molecule has 3 saturated heterocycles. The third kappa shape index (κ3) is 6.49. The first-order chi connectivity index (χ1) is 19.8. The summed E-state index contributed by atoms with van der Waals surface area (Å²) < 4.78 is 34.2. The molecule has 0 unspecified atom stereocenters. The van der Waals surface area contributed by atoms with Crippen LogP contribution in [0.25, 0.3) is 0 Å². The van der Waals surface area contributed by atoms with Crippen molar-refractivity contribution in [1.82, 2.24) is 0 Å². The number of aliphatic hydroxyl groups is 7. The molecule has 0 aromatic carbocycles. The highest BCUT2D eigenvalue weighted by Crippen LogP contribution is 2.34. The Morgan fingerprint density at radius 1 is 0.667 bits per heavy atom. The molecule has 1 aliphatic carbocycles. The second kappa shape index (κ2) is 13.9. The number of rotatable bonds is 9. The number of Topliss-reactive ketones (excluding diaryl/α,β-unsaturated/α-hetero) is 1. The highest BCUT2D eigenvalue weighted by molar-refractivity contribution is 5.88. The summed E-state index contributed by atoms with van der Waals surface area (Å²) in [5, 5.41) is 72.1. The molecule has 17 N–H and O–H groups in total. The first-order valence-corrected chi connectivity index (χ1v) is 13.6. The van der Waals surface area contributed by atoms with Gasteiger partial charge < -0.3 is 92.8 Å². The third-order valence-corrected chi connectivity index (χ3v) is 8.14. The molecule has 4 aliphatic rings. The Morgan fingerprint density at radius 3 is 1.86 bits per heavy atom. The molecule has 4 fully saturated rings. The molecule has 0 amide bonds. The summed E-state index contributed by atoms with van der Waals surface area (Å²) in [5.74, 6) is -0.730. The van der Waals surface area contributed by atoms with Crippen molar-refractivity contribution in [3.63, 3.8) is 0 Å². The van der Waals surface area contributed by atoms with E-state index in [0.717, 1.165) is 0 Å². The van der Waals surface area contributed by atoms with Gasteiger partial charge in [-0.25, -0.2) is 0 Å². The van der Waals surface area contributed by atoms with Gasteiger partial charge in [0, 0.05) is 18.6 Å². The molecular weight excluding hydrogens is 570 g/mol. The SMILES string of the molecule is NC[C@@H]1O[C@H](O[C@H]2[C@@H](O)[C@H](O[C@@H]3[C@@H](O)[C@H](N)C[C@H](N)[C@H]3O[C@H]3O[C@H](CO)[C@@H](O)[C@H](O)[C@H]3N)O[C@@H]2CO)[C@H](N)[C@@H](O)C1=O. The standard InChI is InChI=1S/C23H43N5O14/c24-2-7-13(32)15(34)10(27)21(37-7)41-19-9(4-30)39-23(17(19)36)42-20-12(31)5(25)1-6(26)18(20)40-22-11(28)16(35)14(33)8(3-29)38-22/h5-12,14-23,29-31,33-36H,1-4,24-28H2/t5-,6+,7+,8-,9-,10-,11-,12+,14-,15-,16-,17-,18-,19-,20-,21-,22-,23+/m1/s1. The Balaban J connectivity index is 1.50. The number of carbonyl (C=O) groups is 1. The van der Waals surface area contributed by atoms with Crippen molar-refractivity contribution in [2.45, 2.75) is 117 Å². The first-order valence-electron chi connectivity index (χ1n) is 13.6. The molecule has 1 saturated carbocycles. The van der Waals surface area contributed by atoms with Crippen LogP contribution in [0.15, 0.2) is 0 Å². The fourth-order valence-electron chi connectivity index (χ4n) is 5.57. The third-order valence-electron chi connectivity index (χ3n) is 8.14. The number of ketones is 1. The van der Waals surface area contributed by atoms with E-state index in [1.807, 2.05) is 0 Å². The second-order valence-corrected chi connectivity index (χ2v) is 11.0. The Morgan fingerprint density at radius 2 is 1.24 bits per heavy atom. The average molecular weight is 614 g/mol. The van der Waals surface area contributed by atoms with Gasteiger partial charge in [0.15, 0.2) is 24.7 Å². The van der Waals surface area contributed by atoms with Crippen molar-refractivity contribution in [1.29, 1.82) is 0 Å². The molecule has 3 aliphatic heterocycles. The Bertz CT molecular complexity index is 906. The molecule has 244 valence electrons. The van der Waals surface area contributed by atoms with Crippen LogP contribution >= 0.6 is 0 Å². The number of hydrogen-bond donors (Lipinski definition) is 12. The molecule has 0 spiro atoms. The maximum Gasteiger partial charge on any atom is 0.193 e. The van der Waals surface area contributed by atoms with Gasteiger partial charge in [0.25, 0.3) is 0 Å². The summed E-state index contributed by atoms with van der Waals surface area (Å²) >= 11 is 0. The predicted molar refractivity (Wildman–Crippen MR) is 135 cm³/mol. The maximum atomic E-state index is 12.1. The predicted octanol–water partition coefficient (Wildman–Crippen LogP) is -8.65. The van der Waals surface area contributed by atoms with Crippen LogP contribution in [0.2, 0.25) is 0 Å². The lowest BCUT2D eigenvalue weighted by Gasteiger charge is -2.47. The molecule has 0 aromatic heterocycles. The van der Waals surface area contributed by atoms with Gasteiger partial charge in [0.2, 0.25) is 0 Å². The van der Waals surface area contributed by atoms with Crippen LogP contribution in [0.5, 0.6) is 0 Å². The van der Waals surface area contributed by atoms with Gasteiger partial charge in [-0.15, -0.1) is 0 Å². The van der Waals surface area contributed by atoms with Gasteiger partial charge in [0.05, 0.1) is 31.4 Å². The van der Waals surface area contributed by atoms with Crippen LogP contribution in [-0.4, -0.2) is 171 Å². The number of hydrogen-bond acceptors (Lipinski definition) is 19. The van der Waals surface area contributed by atoms with Crippen molar-refractivity contribution in [3.8, 4) is 0 Å². The molecule has 0 radical (unpaired) electrons. The zero-order valence-corrected chi connectivity index (χ0v) is 22.6. The van der Waals surface area contributed by atoms with Crippen molar-refractivity contribution >= 4 is 5.78 Å². The summed E-state index contributed by atoms with van der Waals surface area (Å²) in [6.45, 7) is -1.61. The van der Waals surface area contributed by atoms with Crippen LogP contribution in [0.1, 0.15) is 6.42 Å². The van der Waals surface area contributed by atoms with Crippen molar-refractivity contribution in [2.75, 3.05) is 19.8 Å². The highest BCUT2D eigenvalue weighted by Gasteiger charge is 2.54. The largest absolute Gasteiger partial charge is 0.394 e. The summed E-state index contributed by atoms with van der Waals surface area (Å²) in [6.07, 6.45) is -19.7. The zero-order valence-electron chi connectivity index (χ0n) is 22.6. The maximum absolute atomic E-state index is 12.1. The number of aliphatic hydroxyl groups excluding tert-OH is 7. The molecule has 0 bridgehead atoms. The molecule has 18 atom stereocenters. The average Bonchev–Trinajstić information content (AvgIpc) is 3.27. The fraction of sp³-hybridized carbons (Fsp3) is 0.957. The van der Waals surface area contributed by atoms with Crippen molar-refractivity contribution in [3.05, 3.63) is 0 Å². The minimum atomic E-state index is -1.66. The van der Waals surface area contributed by atoms with Gasteiger partial charge in [-0.3, -0.25) is 4.79 Å². The summed E-state index contributed by atoms with van der Waals surface area (Å²) in [5.41, 5.74) is 29.8. The first kappa shape index (κ1) is 33.8. The van der Waals surface area contributed by atoms with E-state index in [1.54, 1.807) is 0 Å². The van der Waals surface area contributed by atoms with E-state index in [4.69, 9.17) is 57.1 Å². The highest BCUT2D eigenvalue weighted by atomic mass is 16.8. The molecular formula is C23H43N5O14. The Kier molecular flexibility index (Phi) is 11.2. The monoisotopic (exact) mass is 613 g/mol. The van der Waals surface area contributed by atoms with Gasteiger partial charge in [0.1, 0.15) is 61.0 Å². The van der Waals surface area contributed by atoms with Crippen molar-refractivity contribution in [2.24, 2.45) is 28.7 Å². The van der Waals surface area contributed by atoms with Gasteiger partial charge in [-0.2, -0.15) is 0 Å². The Hall–Kier alpha value is -1.05. The molecule has 19 nitrogen and oxygen atoms in total. The molecule has 19 heteroatoms. The lowest BCUT2D eigenvalue weighted by Crippen LogP contribution is -2.68. The lowest BCUT2D eigenvalue weighted by atomic mass is 9.84. The minimum absolute atomic E-state index is 0.0571. The minimum Gasteiger partial charge on any atom is -0.394 e. The Labute approximate surface area is 240 Å². The van der Waals surface area contributed by atoms with E-state index in [1.165, 1.54) is 0 Å².